The van der Waals surface area contributed by atoms with Gasteiger partial charge in [0.2, 0.25) is 0 Å². The van der Waals surface area contributed by atoms with E-state index in [9.17, 15) is 4.79 Å². The quantitative estimate of drug-likeness (QED) is 0.726. The third-order valence-electron chi connectivity index (χ3n) is 4.36. The Balaban J connectivity index is 1.98. The van der Waals surface area contributed by atoms with Crippen molar-refractivity contribution in [3.63, 3.8) is 0 Å². The molecule has 0 aromatic heterocycles. The molecule has 0 aliphatic heterocycles. The molecule has 0 unspecified atom stereocenters. The normalized spacial score (nSPS) is 11.3. The highest BCUT2D eigenvalue weighted by Gasteiger charge is 2.15. The van der Waals surface area contributed by atoms with Crippen LogP contribution in [0.5, 0.6) is 5.75 Å². The fourth-order valence-corrected chi connectivity index (χ4v) is 2.24. The smallest absolute Gasteiger partial charge is 0.303 e. The lowest BCUT2D eigenvalue weighted by Gasteiger charge is -2.22. The van der Waals surface area contributed by atoms with E-state index in [1.807, 2.05) is 36.4 Å². The van der Waals surface area contributed by atoms with E-state index in [0.717, 1.165) is 28.9 Å². The summed E-state index contributed by atoms with van der Waals surface area (Å²) in [7, 11) is 0. The Morgan fingerprint density at radius 1 is 1.00 bits per heavy atom. The Morgan fingerprint density at radius 3 is 2.04 bits per heavy atom. The molecular weight excluding hydrogens is 300 g/mol. The number of carboxylic acid groups (broad SMARTS) is 1. The monoisotopic (exact) mass is 326 g/mol. The molecule has 2 aromatic rings. The third-order valence-corrected chi connectivity index (χ3v) is 4.36. The lowest BCUT2D eigenvalue weighted by molar-refractivity contribution is -0.136. The Bertz CT molecular complexity index is 654. The van der Waals surface area contributed by atoms with Gasteiger partial charge in [0, 0.05) is 6.42 Å². The number of benzene rings is 2. The molecule has 1 N–H and O–H groups in total. The molecule has 0 atom stereocenters. The van der Waals surface area contributed by atoms with Gasteiger partial charge in [0.15, 0.2) is 0 Å². The lowest BCUT2D eigenvalue weighted by atomic mass is 9.92. The Hall–Kier alpha value is -2.29. The van der Waals surface area contributed by atoms with Crippen LogP contribution in [0.25, 0.3) is 11.1 Å². The molecule has 0 amide bonds. The van der Waals surface area contributed by atoms with Crippen LogP contribution >= 0.6 is 0 Å². The fraction of sp³-hybridized carbons (Fsp3) is 0.381. The van der Waals surface area contributed by atoms with Gasteiger partial charge in [-0.2, -0.15) is 0 Å². The Labute approximate surface area is 144 Å². The summed E-state index contributed by atoms with van der Waals surface area (Å²) in [5, 5.41) is 8.73. The number of aryl methyl sites for hydroxylation is 1. The van der Waals surface area contributed by atoms with E-state index in [-0.39, 0.29) is 11.8 Å². The fourth-order valence-electron chi connectivity index (χ4n) is 2.24. The highest BCUT2D eigenvalue weighted by molar-refractivity contribution is 5.67. The maximum Gasteiger partial charge on any atom is 0.303 e. The number of aliphatic carboxylic acids is 1. The first kappa shape index (κ1) is 18.1. The van der Waals surface area contributed by atoms with Crippen molar-refractivity contribution in [3.05, 3.63) is 54.1 Å². The van der Waals surface area contributed by atoms with E-state index in [2.05, 4.69) is 32.9 Å². The molecular formula is C21H26O3. The van der Waals surface area contributed by atoms with Crippen molar-refractivity contribution in [1.29, 1.82) is 0 Å². The molecule has 0 heterocycles. The van der Waals surface area contributed by atoms with Gasteiger partial charge in [-0.15, -0.1) is 0 Å². The first-order valence-corrected chi connectivity index (χ1v) is 8.43. The molecule has 0 aliphatic rings. The Kier molecular flexibility index (Phi) is 6.02. The third kappa shape index (κ3) is 5.41. The molecule has 128 valence electrons. The van der Waals surface area contributed by atoms with Gasteiger partial charge in [-0.25, -0.2) is 0 Å². The molecule has 0 saturated carbocycles. The summed E-state index contributed by atoms with van der Waals surface area (Å²) in [6, 6.07) is 16.2. The largest absolute Gasteiger partial charge is 0.493 e. The number of hydrogen-bond donors (Lipinski definition) is 1. The standard InChI is InChI=1S/C21H26O3/c1-4-21(2,3)15-24-19-12-10-18(11-13-19)17-8-5-16(6-9-17)7-14-20(22)23/h5-6,8-13H,4,7,14-15H2,1-3H3,(H,22,23). The number of hydrogen-bond acceptors (Lipinski definition) is 2. The molecule has 0 bridgehead atoms. The molecule has 2 aromatic carbocycles. The summed E-state index contributed by atoms with van der Waals surface area (Å²) in [4.78, 5) is 10.6. The molecule has 0 spiro atoms. The van der Waals surface area contributed by atoms with Crippen molar-refractivity contribution in [2.75, 3.05) is 6.61 Å². The van der Waals surface area contributed by atoms with Crippen molar-refractivity contribution in [2.45, 2.75) is 40.0 Å². The van der Waals surface area contributed by atoms with Crippen molar-refractivity contribution >= 4 is 5.97 Å². The summed E-state index contributed by atoms with van der Waals surface area (Å²) in [5.74, 6) is 0.124. The van der Waals surface area contributed by atoms with Crippen LogP contribution in [0.1, 0.15) is 39.2 Å². The van der Waals surface area contributed by atoms with Crippen LogP contribution in [-0.2, 0) is 11.2 Å². The average molecular weight is 326 g/mol. The molecule has 0 fully saturated rings. The van der Waals surface area contributed by atoms with Crippen LogP contribution in [0.3, 0.4) is 0 Å². The van der Waals surface area contributed by atoms with Gasteiger partial charge in [-0.1, -0.05) is 57.2 Å². The second kappa shape index (κ2) is 8.00. The highest BCUT2D eigenvalue weighted by atomic mass is 16.5. The zero-order chi connectivity index (χ0) is 17.6. The first-order valence-electron chi connectivity index (χ1n) is 8.43. The molecule has 2 rings (SSSR count). The van der Waals surface area contributed by atoms with Gasteiger partial charge < -0.3 is 9.84 Å². The predicted octanol–water partition coefficient (Wildman–Crippen LogP) is 5.19. The second-order valence-corrected chi connectivity index (χ2v) is 6.92. The first-order chi connectivity index (χ1) is 11.4. The van der Waals surface area contributed by atoms with E-state index >= 15 is 0 Å². The van der Waals surface area contributed by atoms with Crippen LogP contribution in [0, 0.1) is 5.41 Å². The second-order valence-electron chi connectivity index (χ2n) is 6.92. The molecule has 0 radical (unpaired) electrons. The zero-order valence-corrected chi connectivity index (χ0v) is 14.7. The van der Waals surface area contributed by atoms with E-state index in [0.29, 0.717) is 13.0 Å². The van der Waals surface area contributed by atoms with Gasteiger partial charge in [-0.05, 0) is 47.1 Å². The van der Waals surface area contributed by atoms with E-state index in [4.69, 9.17) is 9.84 Å². The van der Waals surface area contributed by atoms with Gasteiger partial charge in [-0.3, -0.25) is 4.79 Å². The number of carbonyl (C=O) groups is 1. The number of carboxylic acids is 1. The minimum Gasteiger partial charge on any atom is -0.493 e. The molecule has 0 saturated heterocycles. The van der Waals surface area contributed by atoms with Crippen LogP contribution < -0.4 is 4.74 Å². The van der Waals surface area contributed by atoms with E-state index < -0.39 is 5.97 Å². The highest BCUT2D eigenvalue weighted by Crippen LogP contribution is 2.25. The lowest BCUT2D eigenvalue weighted by Crippen LogP contribution is -2.20. The SMILES string of the molecule is CCC(C)(C)COc1ccc(-c2ccc(CCC(=O)O)cc2)cc1. The molecule has 24 heavy (non-hydrogen) atoms. The van der Waals surface area contributed by atoms with E-state index in [1.165, 1.54) is 0 Å². The summed E-state index contributed by atoms with van der Waals surface area (Å²) in [5.41, 5.74) is 3.48. The van der Waals surface area contributed by atoms with Crippen molar-refractivity contribution < 1.29 is 14.6 Å². The number of ether oxygens (including phenoxy) is 1. The van der Waals surface area contributed by atoms with Crippen LogP contribution in [0.2, 0.25) is 0 Å². The molecule has 3 heteroatoms. The van der Waals surface area contributed by atoms with Crippen molar-refractivity contribution in [3.8, 4) is 16.9 Å². The summed E-state index contributed by atoms with van der Waals surface area (Å²) in [6.07, 6.45) is 1.81. The minimum atomic E-state index is -0.763. The summed E-state index contributed by atoms with van der Waals surface area (Å²) in [6.45, 7) is 7.29. The molecule has 3 nitrogen and oxygen atoms in total. The maximum atomic E-state index is 10.6. The van der Waals surface area contributed by atoms with Crippen LogP contribution in [0.4, 0.5) is 0 Å². The zero-order valence-electron chi connectivity index (χ0n) is 14.7. The number of rotatable bonds is 8. The summed E-state index contributed by atoms with van der Waals surface area (Å²) < 4.78 is 5.87. The van der Waals surface area contributed by atoms with Gasteiger partial charge in [0.1, 0.15) is 5.75 Å². The van der Waals surface area contributed by atoms with Crippen molar-refractivity contribution in [1.82, 2.24) is 0 Å². The average Bonchev–Trinajstić information content (AvgIpc) is 2.59. The predicted molar refractivity (Wildman–Crippen MR) is 97.4 cm³/mol. The molecule has 0 aliphatic carbocycles. The maximum absolute atomic E-state index is 10.6. The van der Waals surface area contributed by atoms with Gasteiger partial charge >= 0.3 is 5.97 Å². The topological polar surface area (TPSA) is 46.5 Å². The van der Waals surface area contributed by atoms with Gasteiger partial charge in [0.05, 0.1) is 6.61 Å². The van der Waals surface area contributed by atoms with E-state index in [1.54, 1.807) is 0 Å². The summed E-state index contributed by atoms with van der Waals surface area (Å²) >= 11 is 0. The minimum absolute atomic E-state index is 0.166. The Morgan fingerprint density at radius 2 is 1.54 bits per heavy atom. The van der Waals surface area contributed by atoms with Crippen molar-refractivity contribution in [2.24, 2.45) is 5.41 Å². The van der Waals surface area contributed by atoms with Gasteiger partial charge in [0.25, 0.3) is 0 Å². The van der Waals surface area contributed by atoms with Crippen LogP contribution in [0.15, 0.2) is 48.5 Å². The van der Waals surface area contributed by atoms with Crippen LogP contribution in [-0.4, -0.2) is 17.7 Å².